The van der Waals surface area contributed by atoms with Gasteiger partial charge in [-0.05, 0) is 55.0 Å². The maximum atomic E-state index is 12.4. The van der Waals surface area contributed by atoms with Crippen molar-refractivity contribution in [3.05, 3.63) is 84.8 Å². The lowest BCUT2D eigenvalue weighted by molar-refractivity contribution is -0.118. The number of rotatable bonds is 8. The molecule has 2 aromatic carbocycles. The minimum Gasteiger partial charge on any atom is -0.497 e. The first-order valence-electron chi connectivity index (χ1n) is 10.3. The van der Waals surface area contributed by atoms with E-state index in [0.29, 0.717) is 23.1 Å². The number of ether oxygens (including phenoxy) is 2. The Morgan fingerprint density at radius 2 is 1.88 bits per heavy atom. The van der Waals surface area contributed by atoms with Gasteiger partial charge in [0.15, 0.2) is 6.61 Å². The summed E-state index contributed by atoms with van der Waals surface area (Å²) >= 11 is 0. The summed E-state index contributed by atoms with van der Waals surface area (Å²) in [6.07, 6.45) is 5.16. The minimum absolute atomic E-state index is 0.125. The van der Waals surface area contributed by atoms with Crippen molar-refractivity contribution in [2.45, 2.75) is 6.92 Å². The normalized spacial score (nSPS) is 10.4. The second-order valence-corrected chi connectivity index (χ2v) is 7.18. The van der Waals surface area contributed by atoms with E-state index < -0.39 is 0 Å². The fourth-order valence-electron chi connectivity index (χ4n) is 3.09. The molecule has 2 heterocycles. The minimum atomic E-state index is -0.276. The van der Waals surface area contributed by atoms with Gasteiger partial charge < -0.3 is 20.1 Å². The van der Waals surface area contributed by atoms with Gasteiger partial charge in [0.1, 0.15) is 11.5 Å². The number of carbonyl (C=O) groups excluding carboxylic acids is 1. The van der Waals surface area contributed by atoms with Gasteiger partial charge in [0.2, 0.25) is 5.95 Å². The Balaban J connectivity index is 1.42. The first kappa shape index (κ1) is 21.8. The van der Waals surface area contributed by atoms with Gasteiger partial charge in [-0.1, -0.05) is 12.1 Å². The Kier molecular flexibility index (Phi) is 6.75. The van der Waals surface area contributed by atoms with Crippen molar-refractivity contribution in [3.63, 3.8) is 0 Å². The van der Waals surface area contributed by atoms with E-state index in [2.05, 4.69) is 25.6 Å². The highest BCUT2D eigenvalue weighted by Crippen LogP contribution is 2.24. The highest BCUT2D eigenvalue weighted by molar-refractivity contribution is 5.92. The van der Waals surface area contributed by atoms with E-state index in [1.54, 1.807) is 43.9 Å². The monoisotopic (exact) mass is 441 g/mol. The van der Waals surface area contributed by atoms with Gasteiger partial charge in [-0.2, -0.15) is 0 Å². The summed E-state index contributed by atoms with van der Waals surface area (Å²) < 4.78 is 10.7. The average molecular weight is 441 g/mol. The third-order valence-corrected chi connectivity index (χ3v) is 4.79. The molecule has 0 fully saturated rings. The summed E-state index contributed by atoms with van der Waals surface area (Å²) in [6, 6.07) is 18.3. The summed E-state index contributed by atoms with van der Waals surface area (Å²) in [5.74, 6) is 1.39. The van der Waals surface area contributed by atoms with Gasteiger partial charge in [-0.25, -0.2) is 9.97 Å². The largest absolute Gasteiger partial charge is 0.497 e. The third kappa shape index (κ3) is 5.82. The molecular weight excluding hydrogens is 418 g/mol. The number of nitrogens with one attached hydrogen (secondary N) is 2. The van der Waals surface area contributed by atoms with Crippen LogP contribution in [0.4, 0.5) is 17.3 Å². The number of amides is 1. The van der Waals surface area contributed by atoms with Crippen LogP contribution in [0.5, 0.6) is 11.5 Å². The smallest absolute Gasteiger partial charge is 0.262 e. The number of aryl methyl sites for hydroxylation is 1. The topological polar surface area (TPSA) is 98.3 Å². The van der Waals surface area contributed by atoms with Crippen LogP contribution in [0.1, 0.15) is 5.56 Å². The highest BCUT2D eigenvalue weighted by Gasteiger charge is 2.09. The predicted octanol–water partition coefficient (Wildman–Crippen LogP) is 4.62. The van der Waals surface area contributed by atoms with Crippen LogP contribution in [0, 0.1) is 6.92 Å². The van der Waals surface area contributed by atoms with Crippen molar-refractivity contribution in [3.8, 4) is 22.8 Å². The Hall–Kier alpha value is -4.46. The van der Waals surface area contributed by atoms with Crippen molar-refractivity contribution in [1.82, 2.24) is 15.0 Å². The van der Waals surface area contributed by atoms with E-state index in [1.807, 2.05) is 49.4 Å². The van der Waals surface area contributed by atoms with Crippen molar-refractivity contribution in [2.75, 3.05) is 24.4 Å². The fraction of sp³-hybridized carbons (Fsp3) is 0.120. The summed E-state index contributed by atoms with van der Waals surface area (Å²) in [5, 5.41) is 6.07. The van der Waals surface area contributed by atoms with Crippen molar-refractivity contribution in [1.29, 1.82) is 0 Å². The molecule has 0 atom stereocenters. The number of carbonyl (C=O) groups is 1. The second kappa shape index (κ2) is 10.2. The standard InChI is InChI=1S/C25H23N5O3/c1-17-8-9-19(28-24(31)16-33-21-7-3-6-20(14-21)32-2)13-23(17)30-25-27-12-10-22(29-25)18-5-4-11-26-15-18/h3-15H,16H2,1-2H3,(H,28,31)(H,27,29,30). The fourth-order valence-corrected chi connectivity index (χ4v) is 3.09. The Bertz CT molecular complexity index is 1250. The van der Waals surface area contributed by atoms with Gasteiger partial charge in [0, 0.05) is 41.6 Å². The first-order chi connectivity index (χ1) is 16.1. The summed E-state index contributed by atoms with van der Waals surface area (Å²) in [5.41, 5.74) is 4.06. The number of anilines is 3. The van der Waals surface area contributed by atoms with Gasteiger partial charge in [-0.15, -0.1) is 0 Å². The van der Waals surface area contributed by atoms with Crippen LogP contribution < -0.4 is 20.1 Å². The molecule has 0 spiro atoms. The average Bonchev–Trinajstić information content (AvgIpc) is 2.86. The molecule has 33 heavy (non-hydrogen) atoms. The molecule has 2 aromatic heterocycles. The lowest BCUT2D eigenvalue weighted by Crippen LogP contribution is -2.20. The number of hydrogen-bond acceptors (Lipinski definition) is 7. The highest BCUT2D eigenvalue weighted by atomic mass is 16.5. The van der Waals surface area contributed by atoms with Crippen molar-refractivity contribution < 1.29 is 14.3 Å². The zero-order valence-corrected chi connectivity index (χ0v) is 18.3. The number of benzene rings is 2. The van der Waals surface area contributed by atoms with E-state index in [0.717, 1.165) is 22.5 Å². The SMILES string of the molecule is COc1cccc(OCC(=O)Nc2ccc(C)c(Nc3nccc(-c4cccnc4)n3)c2)c1. The predicted molar refractivity (Wildman–Crippen MR) is 127 cm³/mol. The maximum absolute atomic E-state index is 12.4. The molecule has 1 amide bonds. The molecule has 0 unspecified atom stereocenters. The van der Waals surface area contributed by atoms with Gasteiger partial charge >= 0.3 is 0 Å². The van der Waals surface area contributed by atoms with Crippen LogP contribution in [0.25, 0.3) is 11.3 Å². The Labute approximate surface area is 191 Å². The number of nitrogens with zero attached hydrogens (tertiary/aromatic N) is 3. The Morgan fingerprint density at radius 3 is 2.70 bits per heavy atom. The molecule has 8 nitrogen and oxygen atoms in total. The number of hydrogen-bond donors (Lipinski definition) is 2. The molecular formula is C25H23N5O3. The zero-order chi connectivity index (χ0) is 23.0. The molecule has 0 bridgehead atoms. The zero-order valence-electron chi connectivity index (χ0n) is 18.3. The molecule has 166 valence electrons. The maximum Gasteiger partial charge on any atom is 0.262 e. The van der Waals surface area contributed by atoms with Gasteiger partial charge in [-0.3, -0.25) is 9.78 Å². The molecule has 4 aromatic rings. The van der Waals surface area contributed by atoms with E-state index in [9.17, 15) is 4.79 Å². The molecule has 0 aliphatic rings. The van der Waals surface area contributed by atoms with E-state index >= 15 is 0 Å². The molecule has 0 radical (unpaired) electrons. The van der Waals surface area contributed by atoms with Crippen LogP contribution in [0.3, 0.4) is 0 Å². The van der Waals surface area contributed by atoms with E-state index in [-0.39, 0.29) is 12.5 Å². The van der Waals surface area contributed by atoms with Crippen LogP contribution in [0.15, 0.2) is 79.3 Å². The van der Waals surface area contributed by atoms with Gasteiger partial charge in [0.05, 0.1) is 12.8 Å². The molecule has 4 rings (SSSR count). The van der Waals surface area contributed by atoms with Crippen molar-refractivity contribution >= 4 is 23.2 Å². The summed E-state index contributed by atoms with van der Waals surface area (Å²) in [7, 11) is 1.58. The van der Waals surface area contributed by atoms with Crippen LogP contribution in [-0.2, 0) is 4.79 Å². The number of pyridine rings is 1. The quantitative estimate of drug-likeness (QED) is 0.412. The number of methoxy groups -OCH3 is 1. The van der Waals surface area contributed by atoms with Crippen LogP contribution in [-0.4, -0.2) is 34.6 Å². The molecule has 0 saturated carbocycles. The van der Waals surface area contributed by atoms with Crippen LogP contribution in [0.2, 0.25) is 0 Å². The van der Waals surface area contributed by atoms with Crippen molar-refractivity contribution in [2.24, 2.45) is 0 Å². The summed E-state index contributed by atoms with van der Waals surface area (Å²) in [6.45, 7) is 1.84. The second-order valence-electron chi connectivity index (χ2n) is 7.18. The van der Waals surface area contributed by atoms with Crippen LogP contribution >= 0.6 is 0 Å². The van der Waals surface area contributed by atoms with E-state index in [4.69, 9.17) is 9.47 Å². The molecule has 8 heteroatoms. The van der Waals surface area contributed by atoms with E-state index in [1.165, 1.54) is 0 Å². The Morgan fingerprint density at radius 1 is 1.00 bits per heavy atom. The molecule has 0 saturated heterocycles. The molecule has 2 N–H and O–H groups in total. The lowest BCUT2D eigenvalue weighted by atomic mass is 10.1. The molecule has 0 aliphatic heterocycles. The van der Waals surface area contributed by atoms with Gasteiger partial charge in [0.25, 0.3) is 5.91 Å². The first-order valence-corrected chi connectivity index (χ1v) is 10.3. The third-order valence-electron chi connectivity index (χ3n) is 4.79. The summed E-state index contributed by atoms with van der Waals surface area (Å²) in [4.78, 5) is 25.4. The lowest BCUT2D eigenvalue weighted by Gasteiger charge is -2.12. The molecule has 0 aliphatic carbocycles. The number of aromatic nitrogens is 3.